The molecular formula is C40H58O8. The minimum atomic E-state index is -0.550. The maximum absolute atomic E-state index is 12.0. The van der Waals surface area contributed by atoms with Gasteiger partial charge in [-0.05, 0) is 38.8 Å². The molecule has 0 saturated carbocycles. The van der Waals surface area contributed by atoms with E-state index in [1.165, 1.54) is 52.4 Å². The van der Waals surface area contributed by atoms with Crippen molar-refractivity contribution in [1.29, 1.82) is 0 Å². The molecule has 0 radical (unpaired) electrons. The van der Waals surface area contributed by atoms with Crippen LogP contribution in [-0.2, 0) is 28.5 Å². The number of hydrogen-bond donors (Lipinski definition) is 0. The lowest BCUT2D eigenvalue weighted by atomic mass is 9.97. The van der Waals surface area contributed by atoms with Crippen LogP contribution in [0.25, 0.3) is 21.5 Å². The molecule has 0 heterocycles. The molecule has 3 aromatic carbocycles. The number of hydrogen-bond acceptors (Lipinski definition) is 8. The van der Waals surface area contributed by atoms with E-state index >= 15 is 0 Å². The van der Waals surface area contributed by atoms with Crippen molar-refractivity contribution in [3.05, 3.63) is 47.5 Å². The smallest absolute Gasteiger partial charge is 0.303 e. The van der Waals surface area contributed by atoms with Crippen molar-refractivity contribution in [2.45, 2.75) is 118 Å². The van der Waals surface area contributed by atoms with Crippen molar-refractivity contribution >= 4 is 33.5 Å². The number of benzene rings is 3. The second kappa shape index (κ2) is 21.6. The Balaban J connectivity index is 1.83. The third kappa shape index (κ3) is 13.3. The number of ether oxygens (including phenoxy) is 6. The molecule has 266 valence electrons. The van der Waals surface area contributed by atoms with Crippen molar-refractivity contribution in [1.82, 2.24) is 0 Å². The molecule has 0 N–H and O–H groups in total. The number of unbranched alkanes of at least 4 members (excludes halogenated alkanes) is 8. The molecule has 8 heteroatoms. The Morgan fingerprint density at radius 3 is 1.31 bits per heavy atom. The van der Waals surface area contributed by atoms with Gasteiger partial charge in [-0.25, -0.2) is 0 Å². The van der Waals surface area contributed by atoms with E-state index in [2.05, 4.69) is 26.0 Å². The van der Waals surface area contributed by atoms with E-state index in [1.54, 1.807) is 0 Å². The lowest BCUT2D eigenvalue weighted by Crippen LogP contribution is -2.29. The van der Waals surface area contributed by atoms with Gasteiger partial charge in [0.1, 0.15) is 24.7 Å². The molecule has 0 aliphatic rings. The molecule has 0 amide bonds. The molecule has 0 saturated heterocycles. The zero-order valence-electron chi connectivity index (χ0n) is 30.2. The van der Waals surface area contributed by atoms with E-state index in [9.17, 15) is 9.59 Å². The lowest BCUT2D eigenvalue weighted by Gasteiger charge is -2.23. The quantitative estimate of drug-likeness (QED) is 0.0531. The van der Waals surface area contributed by atoms with Gasteiger partial charge in [-0.3, -0.25) is 9.59 Å². The van der Waals surface area contributed by atoms with E-state index in [-0.39, 0.29) is 38.4 Å². The van der Waals surface area contributed by atoms with Crippen LogP contribution in [0.3, 0.4) is 0 Å². The lowest BCUT2D eigenvalue weighted by molar-refractivity contribution is -0.152. The molecule has 3 aromatic rings. The van der Waals surface area contributed by atoms with Gasteiger partial charge < -0.3 is 28.4 Å². The van der Waals surface area contributed by atoms with Gasteiger partial charge in [0.25, 0.3) is 0 Å². The predicted molar refractivity (Wildman–Crippen MR) is 192 cm³/mol. The zero-order chi connectivity index (χ0) is 34.7. The number of carbonyl (C=O) groups is 2. The zero-order valence-corrected chi connectivity index (χ0v) is 30.2. The highest BCUT2D eigenvalue weighted by atomic mass is 16.6. The van der Waals surface area contributed by atoms with E-state index in [0.29, 0.717) is 24.7 Å². The molecule has 48 heavy (non-hydrogen) atoms. The Morgan fingerprint density at radius 1 is 0.542 bits per heavy atom. The molecule has 0 bridgehead atoms. The van der Waals surface area contributed by atoms with Crippen molar-refractivity contribution in [2.75, 3.05) is 39.6 Å². The van der Waals surface area contributed by atoms with Crippen LogP contribution in [0.15, 0.2) is 36.4 Å². The molecule has 8 nitrogen and oxygen atoms in total. The average molecular weight is 667 g/mol. The van der Waals surface area contributed by atoms with Gasteiger partial charge in [-0.1, -0.05) is 101 Å². The summed E-state index contributed by atoms with van der Waals surface area (Å²) >= 11 is 0. The minimum Gasteiger partial charge on any atom is -0.488 e. The number of carbonyl (C=O) groups excluding carboxylic acids is 2. The van der Waals surface area contributed by atoms with Gasteiger partial charge in [-0.15, -0.1) is 0 Å². The van der Waals surface area contributed by atoms with Crippen molar-refractivity contribution < 1.29 is 38.0 Å². The summed E-state index contributed by atoms with van der Waals surface area (Å²) < 4.78 is 36.1. The van der Waals surface area contributed by atoms with Crippen LogP contribution in [-0.4, -0.2) is 63.8 Å². The van der Waals surface area contributed by atoms with E-state index in [0.717, 1.165) is 58.4 Å². The SMILES string of the molecule is CCCCCCCOCC(COc1c2ccc(C)cc2c(OCC(COCCCCCCC)OC(C)=O)c2ccc(C)cc12)OC(C)=O. The predicted octanol–water partition coefficient (Wildman–Crippen LogP) is 9.20. The molecule has 3 rings (SSSR count). The first-order valence-electron chi connectivity index (χ1n) is 18.0. The fraction of sp³-hybridized carbons (Fsp3) is 0.600. The maximum atomic E-state index is 12.0. The van der Waals surface area contributed by atoms with Crippen molar-refractivity contribution in [3.8, 4) is 11.5 Å². The van der Waals surface area contributed by atoms with Gasteiger partial charge in [0.05, 0.1) is 13.2 Å². The number of rotatable bonds is 24. The monoisotopic (exact) mass is 666 g/mol. The highest BCUT2D eigenvalue weighted by Crippen LogP contribution is 2.43. The molecule has 0 spiro atoms. The Hall–Kier alpha value is -3.36. The maximum Gasteiger partial charge on any atom is 0.303 e. The summed E-state index contributed by atoms with van der Waals surface area (Å²) in [5, 5.41) is 3.51. The largest absolute Gasteiger partial charge is 0.488 e. The topological polar surface area (TPSA) is 89.5 Å². The van der Waals surface area contributed by atoms with Crippen molar-refractivity contribution in [3.63, 3.8) is 0 Å². The van der Waals surface area contributed by atoms with Crippen LogP contribution in [0.4, 0.5) is 0 Å². The molecule has 2 unspecified atom stereocenters. The molecular weight excluding hydrogens is 608 g/mol. The van der Waals surface area contributed by atoms with E-state index < -0.39 is 12.2 Å². The Morgan fingerprint density at radius 2 is 0.938 bits per heavy atom. The number of aryl methyl sites for hydroxylation is 2. The van der Waals surface area contributed by atoms with Gasteiger partial charge in [-0.2, -0.15) is 0 Å². The van der Waals surface area contributed by atoms with E-state index in [4.69, 9.17) is 28.4 Å². The van der Waals surface area contributed by atoms with Crippen LogP contribution in [0.5, 0.6) is 11.5 Å². The molecule has 2 atom stereocenters. The van der Waals surface area contributed by atoms with Gasteiger partial charge in [0.15, 0.2) is 12.2 Å². The summed E-state index contributed by atoms with van der Waals surface area (Å²) in [4.78, 5) is 23.9. The summed E-state index contributed by atoms with van der Waals surface area (Å²) in [7, 11) is 0. The Bertz CT molecular complexity index is 1310. The van der Waals surface area contributed by atoms with E-state index in [1.807, 2.05) is 38.1 Å². The average Bonchev–Trinajstić information content (AvgIpc) is 3.04. The highest BCUT2D eigenvalue weighted by Gasteiger charge is 2.22. The van der Waals surface area contributed by atoms with Crippen LogP contribution in [0, 0.1) is 13.8 Å². The van der Waals surface area contributed by atoms with Gasteiger partial charge in [0.2, 0.25) is 0 Å². The Kier molecular flexibility index (Phi) is 17.6. The minimum absolute atomic E-state index is 0.145. The van der Waals surface area contributed by atoms with Gasteiger partial charge >= 0.3 is 11.9 Å². The third-order valence-electron chi connectivity index (χ3n) is 8.21. The van der Waals surface area contributed by atoms with Crippen LogP contribution in [0.1, 0.15) is 103 Å². The highest BCUT2D eigenvalue weighted by molar-refractivity contribution is 6.11. The fourth-order valence-electron chi connectivity index (χ4n) is 5.79. The second-order valence-corrected chi connectivity index (χ2v) is 12.8. The fourth-order valence-corrected chi connectivity index (χ4v) is 5.79. The first kappa shape index (κ1) is 39.1. The first-order chi connectivity index (χ1) is 23.2. The molecule has 0 aliphatic carbocycles. The number of esters is 2. The first-order valence-corrected chi connectivity index (χ1v) is 18.0. The van der Waals surface area contributed by atoms with Gasteiger partial charge in [0, 0.05) is 48.6 Å². The standard InChI is InChI=1S/C40H58O8/c1-7-9-11-13-15-21-43-25-33(47-31(5)41)27-45-39-35-19-17-30(4)24-38(35)40(36-20-18-29(3)23-37(36)39)46-28-34(48-32(6)42)26-44-22-16-14-12-10-8-2/h17-20,23-24,33-34H,7-16,21-22,25-28H2,1-6H3. The summed E-state index contributed by atoms with van der Waals surface area (Å²) in [5.74, 6) is 0.636. The van der Waals surface area contributed by atoms with Crippen LogP contribution in [0.2, 0.25) is 0 Å². The normalized spacial score (nSPS) is 12.6. The Labute approximate surface area is 287 Å². The van der Waals surface area contributed by atoms with Crippen LogP contribution >= 0.6 is 0 Å². The summed E-state index contributed by atoms with van der Waals surface area (Å²) in [5.41, 5.74) is 2.13. The summed E-state index contributed by atoms with van der Waals surface area (Å²) in [6.07, 6.45) is 10.4. The van der Waals surface area contributed by atoms with Crippen LogP contribution < -0.4 is 9.47 Å². The summed E-state index contributed by atoms with van der Waals surface area (Å²) in [6.45, 7) is 13.3. The second-order valence-electron chi connectivity index (χ2n) is 12.8. The number of fused-ring (bicyclic) bond motifs is 2. The van der Waals surface area contributed by atoms with Crippen molar-refractivity contribution in [2.24, 2.45) is 0 Å². The molecule has 0 aromatic heterocycles. The molecule has 0 fully saturated rings. The molecule has 0 aliphatic heterocycles. The summed E-state index contributed by atoms with van der Waals surface area (Å²) in [6, 6.07) is 12.3. The third-order valence-corrected chi connectivity index (χ3v) is 8.21.